The summed E-state index contributed by atoms with van der Waals surface area (Å²) in [5.74, 6) is 0. The number of nitrogens with zero attached hydrogens (tertiary/aromatic N) is 1. The highest BCUT2D eigenvalue weighted by molar-refractivity contribution is 7.55. The molecule has 0 aromatic carbocycles. The van der Waals surface area contributed by atoms with Gasteiger partial charge >= 0.3 is 0 Å². The highest BCUT2D eigenvalue weighted by Gasteiger charge is 2.24. The maximum Gasteiger partial charge on any atom is 0.269 e. The first-order valence-electron chi connectivity index (χ1n) is 5.03. The van der Waals surface area contributed by atoms with Crippen molar-refractivity contribution in [2.75, 3.05) is 26.8 Å². The number of rotatable bonds is 5. The zero-order valence-corrected chi connectivity index (χ0v) is 11.2. The van der Waals surface area contributed by atoms with E-state index in [9.17, 15) is 4.57 Å². The molecule has 0 aliphatic carbocycles. The van der Waals surface area contributed by atoms with Crippen LogP contribution in [-0.2, 0) is 9.09 Å². The molecule has 0 bridgehead atoms. The van der Waals surface area contributed by atoms with Gasteiger partial charge in [-0.25, -0.2) is 4.67 Å². The zero-order chi connectivity index (χ0) is 11.8. The first-order chi connectivity index (χ1) is 6.44. The van der Waals surface area contributed by atoms with Crippen LogP contribution in [0.1, 0.15) is 27.7 Å². The van der Waals surface area contributed by atoms with Crippen LogP contribution in [0, 0.1) is 0 Å². The molecule has 0 saturated carbocycles. The Labute approximate surface area is 88.3 Å². The van der Waals surface area contributed by atoms with Gasteiger partial charge in [0.2, 0.25) is 0 Å². The van der Waals surface area contributed by atoms with Gasteiger partial charge in [-0.05, 0) is 20.9 Å². The summed E-state index contributed by atoms with van der Waals surface area (Å²) in [7, 11) is -1.03. The lowest BCUT2D eigenvalue weighted by molar-refractivity contribution is 0.214. The number of hydrogen-bond acceptors (Lipinski definition) is 3. The second-order valence-corrected chi connectivity index (χ2v) is 5.48. The summed E-state index contributed by atoms with van der Waals surface area (Å²) in [5.41, 5.74) is 4.50. The van der Waals surface area contributed by atoms with Gasteiger partial charge in [0.25, 0.3) is 7.52 Å². The first kappa shape index (κ1) is 16.5. The van der Waals surface area contributed by atoms with Crippen molar-refractivity contribution in [1.82, 2.24) is 4.67 Å². The highest BCUT2D eigenvalue weighted by Crippen LogP contribution is 2.47. The van der Waals surface area contributed by atoms with Crippen LogP contribution in [-0.4, -0.2) is 37.6 Å². The van der Waals surface area contributed by atoms with E-state index in [-0.39, 0.29) is 6.10 Å². The van der Waals surface area contributed by atoms with Crippen molar-refractivity contribution in [1.29, 1.82) is 0 Å². The van der Waals surface area contributed by atoms with Gasteiger partial charge in [0, 0.05) is 19.8 Å². The average Bonchev–Trinajstić information content (AvgIpc) is 2.07. The van der Waals surface area contributed by atoms with Crippen LogP contribution in [0.2, 0.25) is 0 Å². The van der Waals surface area contributed by atoms with Gasteiger partial charge < -0.3 is 10.3 Å². The molecule has 0 aromatic heterocycles. The minimum absolute atomic E-state index is 0.0291. The van der Waals surface area contributed by atoms with E-state index in [4.69, 9.17) is 4.52 Å². The fraction of sp³-hybridized carbons (Fsp3) is 1.00. The van der Waals surface area contributed by atoms with E-state index in [2.05, 4.69) is 5.73 Å². The molecule has 0 fully saturated rings. The Morgan fingerprint density at radius 1 is 1.29 bits per heavy atom. The Kier molecular flexibility index (Phi) is 9.95. The third-order valence-corrected chi connectivity index (χ3v) is 4.06. The molecule has 88 valence electrons. The van der Waals surface area contributed by atoms with E-state index in [0.29, 0.717) is 0 Å². The summed E-state index contributed by atoms with van der Waals surface area (Å²) < 4.78 is 19.1. The van der Waals surface area contributed by atoms with Crippen LogP contribution in [0.3, 0.4) is 0 Å². The normalized spacial score (nSPS) is 14.9. The summed E-state index contributed by atoms with van der Waals surface area (Å²) in [5, 5.41) is 0. The molecule has 0 rings (SSSR count). The lowest BCUT2D eigenvalue weighted by atomic mass is 10.5. The molecule has 0 saturated heterocycles. The van der Waals surface area contributed by atoms with E-state index in [1.165, 1.54) is 7.05 Å². The van der Waals surface area contributed by atoms with Crippen LogP contribution in [0.15, 0.2) is 0 Å². The average molecular weight is 224 g/mol. The summed E-state index contributed by atoms with van der Waals surface area (Å²) in [4.78, 5) is 0. The van der Waals surface area contributed by atoms with E-state index < -0.39 is 7.52 Å². The fourth-order valence-electron chi connectivity index (χ4n) is 1.20. The molecule has 1 unspecified atom stereocenters. The fourth-order valence-corrected chi connectivity index (χ4v) is 3.14. The van der Waals surface area contributed by atoms with Crippen molar-refractivity contribution < 1.29 is 9.09 Å². The first-order valence-corrected chi connectivity index (χ1v) is 7.05. The molecular weight excluding hydrogens is 199 g/mol. The van der Waals surface area contributed by atoms with Crippen LogP contribution >= 0.6 is 7.52 Å². The maximum absolute atomic E-state index is 11.9. The Bertz CT molecular complexity index is 170. The monoisotopic (exact) mass is 224 g/mol. The molecule has 0 aliphatic heterocycles. The van der Waals surface area contributed by atoms with Gasteiger partial charge in [0.1, 0.15) is 0 Å². The molecule has 1 atom stereocenters. The van der Waals surface area contributed by atoms with Crippen LogP contribution < -0.4 is 5.73 Å². The maximum atomic E-state index is 11.9. The zero-order valence-electron chi connectivity index (χ0n) is 10.3. The predicted molar refractivity (Wildman–Crippen MR) is 62.8 cm³/mol. The quantitative estimate of drug-likeness (QED) is 0.727. The molecule has 0 spiro atoms. The van der Waals surface area contributed by atoms with Gasteiger partial charge in [-0.1, -0.05) is 13.8 Å². The van der Waals surface area contributed by atoms with E-state index in [1.54, 1.807) is 6.66 Å². The minimum Gasteiger partial charge on any atom is -0.333 e. The topological polar surface area (TPSA) is 55.6 Å². The van der Waals surface area contributed by atoms with Crippen LogP contribution in [0.4, 0.5) is 0 Å². The molecule has 2 N–H and O–H groups in total. The van der Waals surface area contributed by atoms with E-state index >= 15 is 0 Å². The van der Waals surface area contributed by atoms with Crippen LogP contribution in [0.5, 0.6) is 0 Å². The Hall–Kier alpha value is 0.110. The van der Waals surface area contributed by atoms with Crippen molar-refractivity contribution in [3.8, 4) is 0 Å². The van der Waals surface area contributed by atoms with Gasteiger partial charge in [-0.3, -0.25) is 4.57 Å². The van der Waals surface area contributed by atoms with E-state index in [0.717, 1.165) is 13.1 Å². The molecule has 0 amide bonds. The Balaban J connectivity index is 0. The predicted octanol–water partition coefficient (Wildman–Crippen LogP) is 2.15. The summed E-state index contributed by atoms with van der Waals surface area (Å²) >= 11 is 0. The van der Waals surface area contributed by atoms with Gasteiger partial charge in [0.05, 0.1) is 6.10 Å². The second-order valence-electron chi connectivity index (χ2n) is 3.10. The second kappa shape index (κ2) is 8.42. The van der Waals surface area contributed by atoms with Crippen molar-refractivity contribution >= 4 is 7.52 Å². The number of hydrogen-bond donors (Lipinski definition) is 1. The lowest BCUT2D eigenvalue weighted by Gasteiger charge is -2.27. The third kappa shape index (κ3) is 6.55. The summed E-state index contributed by atoms with van der Waals surface area (Å²) in [6, 6.07) is 0. The van der Waals surface area contributed by atoms with Gasteiger partial charge in [0.15, 0.2) is 0 Å². The highest BCUT2D eigenvalue weighted by atomic mass is 31.2. The van der Waals surface area contributed by atoms with Crippen molar-refractivity contribution in [2.24, 2.45) is 5.73 Å². The summed E-state index contributed by atoms with van der Waals surface area (Å²) in [6.07, 6.45) is 0.0291. The standard InChI is InChI=1S/C8H20NO2P.CH5N/c1-6-9(7-2)12(5,10)11-8(3)4;1-2/h8H,6-7H2,1-5H3;2H2,1H3. The largest absolute Gasteiger partial charge is 0.333 e. The smallest absolute Gasteiger partial charge is 0.269 e. The minimum atomic E-state index is -2.53. The summed E-state index contributed by atoms with van der Waals surface area (Å²) in [6.45, 7) is 11.0. The van der Waals surface area contributed by atoms with Gasteiger partial charge in [-0.2, -0.15) is 0 Å². The molecule has 0 radical (unpaired) electrons. The molecular formula is C9H25N2O2P. The molecule has 4 nitrogen and oxygen atoms in total. The molecule has 14 heavy (non-hydrogen) atoms. The van der Waals surface area contributed by atoms with Crippen molar-refractivity contribution in [2.45, 2.75) is 33.8 Å². The number of nitrogens with two attached hydrogens (primary N) is 1. The van der Waals surface area contributed by atoms with Crippen molar-refractivity contribution in [3.05, 3.63) is 0 Å². The molecule has 0 heterocycles. The SMILES string of the molecule is CCN(CC)P(C)(=O)OC(C)C.CN. The van der Waals surface area contributed by atoms with Gasteiger partial charge in [-0.15, -0.1) is 0 Å². The third-order valence-electron chi connectivity index (χ3n) is 1.65. The van der Waals surface area contributed by atoms with Crippen molar-refractivity contribution in [3.63, 3.8) is 0 Å². The molecule has 5 heteroatoms. The van der Waals surface area contributed by atoms with E-state index in [1.807, 2.05) is 32.4 Å². The molecule has 0 aromatic rings. The lowest BCUT2D eigenvalue weighted by Crippen LogP contribution is -2.21. The Morgan fingerprint density at radius 2 is 1.64 bits per heavy atom. The molecule has 0 aliphatic rings. The van der Waals surface area contributed by atoms with Crippen LogP contribution in [0.25, 0.3) is 0 Å². The Morgan fingerprint density at radius 3 is 1.86 bits per heavy atom.